The third kappa shape index (κ3) is 4.12. The second-order valence-electron chi connectivity index (χ2n) is 8.31. The number of anilines is 2. The van der Waals surface area contributed by atoms with Crippen LogP contribution in [0.3, 0.4) is 0 Å². The fraction of sp³-hybridized carbons (Fsp3) is 0.308. The number of aromatic nitrogens is 2. The lowest BCUT2D eigenvalue weighted by Crippen LogP contribution is -2.28. The molecular formula is C26H27N5O. The maximum absolute atomic E-state index is 7.72. The molecule has 1 fully saturated rings. The third-order valence-electron chi connectivity index (χ3n) is 6.21. The quantitative estimate of drug-likeness (QED) is 0.489. The van der Waals surface area contributed by atoms with Crippen LogP contribution >= 0.6 is 0 Å². The Bertz CT molecular complexity index is 1120. The molecule has 2 aromatic carbocycles. The number of hydrogen-bond acceptors (Lipinski definition) is 4. The van der Waals surface area contributed by atoms with Gasteiger partial charge in [-0.3, -0.25) is 4.68 Å². The summed E-state index contributed by atoms with van der Waals surface area (Å²) in [5.41, 5.74) is 4.10. The van der Waals surface area contributed by atoms with E-state index >= 15 is 0 Å². The van der Waals surface area contributed by atoms with Crippen LogP contribution in [0.2, 0.25) is 0 Å². The van der Waals surface area contributed by atoms with Gasteiger partial charge in [-0.15, -0.1) is 0 Å². The molecule has 3 atom stereocenters. The lowest BCUT2D eigenvalue weighted by molar-refractivity contribution is 0.0248. The molecule has 3 aromatic rings. The van der Waals surface area contributed by atoms with Gasteiger partial charge in [0.15, 0.2) is 12.0 Å². The van der Waals surface area contributed by atoms with E-state index in [1.165, 1.54) is 0 Å². The van der Waals surface area contributed by atoms with Gasteiger partial charge in [-0.2, -0.15) is 5.10 Å². The first kappa shape index (κ1) is 20.3. The van der Waals surface area contributed by atoms with E-state index in [0.717, 1.165) is 54.0 Å². The van der Waals surface area contributed by atoms with E-state index in [9.17, 15) is 0 Å². The molecule has 5 rings (SSSR count). The molecule has 6 nitrogen and oxygen atoms in total. The van der Waals surface area contributed by atoms with Crippen LogP contribution in [0.4, 0.5) is 11.5 Å². The van der Waals surface area contributed by atoms with E-state index in [-0.39, 0.29) is 18.3 Å². The summed E-state index contributed by atoms with van der Waals surface area (Å²) in [6.07, 6.45) is 7.80. The molecule has 0 radical (unpaired) electrons. The maximum Gasteiger partial charge on any atom is 0.245 e. The first-order chi connectivity index (χ1) is 15.8. The summed E-state index contributed by atoms with van der Waals surface area (Å²) >= 11 is 0. The number of rotatable bonds is 6. The van der Waals surface area contributed by atoms with Crippen LogP contribution in [0.15, 0.2) is 66.9 Å². The Morgan fingerprint density at radius 3 is 2.59 bits per heavy atom. The number of fused-ring (bicyclic) bond motifs is 1. The van der Waals surface area contributed by atoms with Crippen LogP contribution in [0.1, 0.15) is 54.8 Å². The van der Waals surface area contributed by atoms with Crippen molar-refractivity contribution in [1.29, 1.82) is 0 Å². The van der Waals surface area contributed by atoms with Crippen molar-refractivity contribution < 1.29 is 4.74 Å². The average Bonchev–Trinajstić information content (AvgIpc) is 3.22. The number of para-hydroxylation sites is 1. The molecular weight excluding hydrogens is 398 g/mol. The van der Waals surface area contributed by atoms with Crippen molar-refractivity contribution in [1.82, 2.24) is 15.1 Å². The van der Waals surface area contributed by atoms with Gasteiger partial charge < -0.3 is 20.2 Å². The smallest absolute Gasteiger partial charge is 0.245 e. The zero-order valence-corrected chi connectivity index (χ0v) is 17.9. The average molecular weight is 426 g/mol. The second-order valence-corrected chi connectivity index (χ2v) is 8.31. The zero-order chi connectivity index (χ0) is 21.8. The second kappa shape index (κ2) is 9.29. The summed E-state index contributed by atoms with van der Waals surface area (Å²) in [7, 11) is 0. The highest BCUT2D eigenvalue weighted by molar-refractivity contribution is 5.67. The first-order valence-electron chi connectivity index (χ1n) is 11.2. The van der Waals surface area contributed by atoms with Crippen molar-refractivity contribution >= 4 is 17.6 Å². The van der Waals surface area contributed by atoms with Crippen molar-refractivity contribution in [3.63, 3.8) is 0 Å². The normalized spacial score (nSPS) is 21.9. The summed E-state index contributed by atoms with van der Waals surface area (Å²) in [4.78, 5) is 3.94. The molecule has 3 unspecified atom stereocenters. The molecule has 2 aliphatic rings. The van der Waals surface area contributed by atoms with Crippen molar-refractivity contribution in [3.8, 4) is 0 Å². The fourth-order valence-electron chi connectivity index (χ4n) is 4.60. The van der Waals surface area contributed by atoms with Gasteiger partial charge in [0.2, 0.25) is 6.04 Å². The van der Waals surface area contributed by atoms with E-state index in [1.54, 1.807) is 0 Å². The minimum atomic E-state index is -0.329. The Hall–Kier alpha value is -3.56. The van der Waals surface area contributed by atoms with E-state index in [1.807, 2.05) is 54.7 Å². The molecule has 0 saturated heterocycles. The standard InChI is InChI=1S/C26H27N5O/c1-27-21-14-8-9-15-22(21)31-23-16-17-28-26(32-18-19-10-4-2-5-11-19)24(23)25(30-31)29-20-12-6-3-7-13-20/h2-7,10-13,16-17,21-22,26,28H,8-9,14-15,18H2,(H,29,30). The highest BCUT2D eigenvalue weighted by Gasteiger charge is 2.36. The summed E-state index contributed by atoms with van der Waals surface area (Å²) < 4.78 is 8.38. The van der Waals surface area contributed by atoms with Gasteiger partial charge in [0, 0.05) is 18.3 Å². The summed E-state index contributed by atoms with van der Waals surface area (Å²) in [5.74, 6) is 0.774. The molecule has 1 saturated carbocycles. The van der Waals surface area contributed by atoms with Crippen LogP contribution in [-0.2, 0) is 11.3 Å². The SMILES string of the molecule is [C-]#[N+]C1CCCCC1n1nc(Nc2ccccc2)c2c1C=CNC2OCc1ccccc1. The Labute approximate surface area is 188 Å². The van der Waals surface area contributed by atoms with Gasteiger partial charge in [0.25, 0.3) is 0 Å². The number of hydrogen-bond donors (Lipinski definition) is 2. The van der Waals surface area contributed by atoms with Crippen LogP contribution in [-0.4, -0.2) is 15.8 Å². The van der Waals surface area contributed by atoms with E-state index in [2.05, 4.69) is 38.4 Å². The molecule has 32 heavy (non-hydrogen) atoms. The monoisotopic (exact) mass is 425 g/mol. The fourth-order valence-corrected chi connectivity index (χ4v) is 4.60. The number of nitrogens with one attached hydrogen (secondary N) is 2. The lowest BCUT2D eigenvalue weighted by atomic mass is 9.90. The summed E-state index contributed by atoms with van der Waals surface area (Å²) in [5, 5.41) is 11.9. The van der Waals surface area contributed by atoms with Crippen LogP contribution in [0, 0.1) is 6.57 Å². The molecule has 162 valence electrons. The van der Waals surface area contributed by atoms with Crippen molar-refractivity contribution in [2.75, 3.05) is 5.32 Å². The third-order valence-corrected chi connectivity index (χ3v) is 6.21. The summed E-state index contributed by atoms with van der Waals surface area (Å²) in [6, 6.07) is 20.3. The van der Waals surface area contributed by atoms with Gasteiger partial charge >= 0.3 is 0 Å². The lowest BCUT2D eigenvalue weighted by Gasteiger charge is -2.26. The highest BCUT2D eigenvalue weighted by atomic mass is 16.5. The predicted molar refractivity (Wildman–Crippen MR) is 126 cm³/mol. The van der Waals surface area contributed by atoms with Crippen LogP contribution < -0.4 is 10.6 Å². The highest BCUT2D eigenvalue weighted by Crippen LogP contribution is 2.39. The minimum Gasteiger partial charge on any atom is -0.362 e. The van der Waals surface area contributed by atoms with E-state index < -0.39 is 0 Å². The Kier molecular flexibility index (Phi) is 5.91. The molecule has 0 bridgehead atoms. The van der Waals surface area contributed by atoms with Crippen molar-refractivity contribution in [3.05, 3.63) is 95.1 Å². The molecule has 0 spiro atoms. The minimum absolute atomic E-state index is 0.0377. The largest absolute Gasteiger partial charge is 0.362 e. The van der Waals surface area contributed by atoms with Gasteiger partial charge in [-0.05, 0) is 36.6 Å². The molecule has 2 N–H and O–H groups in total. The first-order valence-corrected chi connectivity index (χ1v) is 11.2. The van der Waals surface area contributed by atoms with Crippen LogP contribution in [0.5, 0.6) is 0 Å². The predicted octanol–water partition coefficient (Wildman–Crippen LogP) is 5.82. The van der Waals surface area contributed by atoms with Gasteiger partial charge in [0.1, 0.15) is 6.04 Å². The van der Waals surface area contributed by atoms with Crippen molar-refractivity contribution in [2.45, 2.75) is 50.6 Å². The molecule has 0 amide bonds. The Balaban J connectivity index is 1.51. The number of ether oxygens (including phenoxy) is 1. The molecule has 1 aliphatic heterocycles. The Morgan fingerprint density at radius 2 is 1.81 bits per heavy atom. The maximum atomic E-state index is 7.72. The number of benzene rings is 2. The Morgan fingerprint density at radius 1 is 1.06 bits per heavy atom. The summed E-state index contributed by atoms with van der Waals surface area (Å²) in [6.45, 7) is 8.21. The number of nitrogens with zero attached hydrogens (tertiary/aromatic N) is 3. The van der Waals surface area contributed by atoms with Gasteiger partial charge in [-0.25, -0.2) is 6.57 Å². The molecule has 1 aliphatic carbocycles. The van der Waals surface area contributed by atoms with E-state index in [4.69, 9.17) is 16.4 Å². The van der Waals surface area contributed by atoms with Gasteiger partial charge in [-0.1, -0.05) is 55.0 Å². The topological polar surface area (TPSA) is 55.5 Å². The zero-order valence-electron chi connectivity index (χ0n) is 17.9. The van der Waals surface area contributed by atoms with Gasteiger partial charge in [0.05, 0.1) is 17.9 Å². The molecule has 2 heterocycles. The van der Waals surface area contributed by atoms with Crippen molar-refractivity contribution in [2.24, 2.45) is 0 Å². The van der Waals surface area contributed by atoms with E-state index in [0.29, 0.717) is 6.61 Å². The molecule has 6 heteroatoms. The van der Waals surface area contributed by atoms with Crippen LogP contribution in [0.25, 0.3) is 10.9 Å². The molecule has 1 aromatic heterocycles.